The first-order valence-electron chi connectivity index (χ1n) is 17.5. The summed E-state index contributed by atoms with van der Waals surface area (Å²) in [5.41, 5.74) is 0.523. The summed E-state index contributed by atoms with van der Waals surface area (Å²) in [5, 5.41) is 7.52. The highest BCUT2D eigenvalue weighted by atomic mass is 32.1. The van der Waals surface area contributed by atoms with Gasteiger partial charge in [-0.2, -0.15) is 13.2 Å². The first-order valence-corrected chi connectivity index (χ1v) is 18.4. The molecule has 2 fully saturated rings. The minimum absolute atomic E-state index is 0.204. The van der Waals surface area contributed by atoms with Crippen LogP contribution in [-0.4, -0.2) is 102 Å². The largest absolute Gasteiger partial charge is 0.416 e. The van der Waals surface area contributed by atoms with Crippen LogP contribution in [-0.2, 0) is 15.7 Å². The number of alkyl halides is 3. The van der Waals surface area contributed by atoms with Gasteiger partial charge in [-0.3, -0.25) is 29.5 Å². The molecule has 2 saturated heterocycles. The molecule has 52 heavy (non-hydrogen) atoms. The van der Waals surface area contributed by atoms with Crippen molar-refractivity contribution in [1.82, 2.24) is 25.0 Å². The molecule has 6 rings (SSSR count). The third kappa shape index (κ3) is 8.98. The molecule has 2 N–H and O–H groups in total. The van der Waals surface area contributed by atoms with Crippen LogP contribution in [0, 0.1) is 0 Å². The van der Waals surface area contributed by atoms with E-state index in [0.717, 1.165) is 75.5 Å². The molecule has 1 aliphatic carbocycles. The summed E-state index contributed by atoms with van der Waals surface area (Å²) in [6.45, 7) is 8.09. The molecule has 3 heterocycles. The Kier molecular flexibility index (Phi) is 11.6. The van der Waals surface area contributed by atoms with Gasteiger partial charge in [-0.05, 0) is 75.7 Å². The van der Waals surface area contributed by atoms with Crippen molar-refractivity contribution in [2.75, 3.05) is 64.8 Å². The summed E-state index contributed by atoms with van der Waals surface area (Å²) in [4.78, 5) is 51.6. The molecule has 276 valence electrons. The minimum atomic E-state index is -4.50. The van der Waals surface area contributed by atoms with E-state index in [1.54, 1.807) is 41.6 Å². The Hall–Kier alpha value is -4.37. The maximum Gasteiger partial charge on any atom is 0.416 e. The van der Waals surface area contributed by atoms with Crippen molar-refractivity contribution in [1.29, 1.82) is 0 Å². The van der Waals surface area contributed by atoms with Crippen LogP contribution in [0.25, 0.3) is 11.3 Å². The normalized spacial score (nSPS) is 20.1. The maximum absolute atomic E-state index is 14.0. The number of piperidine rings is 1. The van der Waals surface area contributed by atoms with Gasteiger partial charge in [0.25, 0.3) is 17.7 Å². The van der Waals surface area contributed by atoms with Crippen LogP contribution in [0.4, 0.5) is 18.3 Å². The fourth-order valence-corrected chi connectivity index (χ4v) is 7.42. The standard InChI is InChI=1S/C38H43F3N6O4S/c1-37(47-14-4-3-5-15-47)13-12-31(30(24-37)34(49)44-36-43-32(25-52-36)26-8-7-11-29(23-26)38(39,40)41)42-33(48)27-9-6-10-28(22-27)35(50)45(2)16-17-46-18-20-51-21-19-46/h6-12,22-25H,3-5,13-21H2,1-2H3,(H,42,48)(H,43,44,49). The second-order valence-corrected chi connectivity index (χ2v) is 14.4. The lowest BCUT2D eigenvalue weighted by Gasteiger charge is -2.43. The highest BCUT2D eigenvalue weighted by Gasteiger charge is 2.36. The van der Waals surface area contributed by atoms with E-state index in [1.807, 2.05) is 12.2 Å². The molecule has 3 amide bonds. The zero-order valence-electron chi connectivity index (χ0n) is 29.3. The lowest BCUT2D eigenvalue weighted by Crippen LogP contribution is -2.49. The second-order valence-electron chi connectivity index (χ2n) is 13.6. The number of amides is 3. The number of hydrogen-bond acceptors (Lipinski definition) is 8. The van der Waals surface area contributed by atoms with E-state index < -0.39 is 29.1 Å². The molecular weight excluding hydrogens is 694 g/mol. The Labute approximate surface area is 305 Å². The first-order chi connectivity index (χ1) is 24.9. The van der Waals surface area contributed by atoms with E-state index in [4.69, 9.17) is 4.74 Å². The zero-order valence-corrected chi connectivity index (χ0v) is 30.1. The number of likely N-dealkylation sites (N-methyl/N-ethyl adjacent to an activating group) is 1. The monoisotopic (exact) mass is 736 g/mol. The van der Waals surface area contributed by atoms with Crippen LogP contribution in [0.2, 0.25) is 0 Å². The molecule has 1 aromatic heterocycles. The van der Waals surface area contributed by atoms with Crippen LogP contribution in [0.5, 0.6) is 0 Å². The van der Waals surface area contributed by atoms with Crippen molar-refractivity contribution in [3.05, 3.63) is 94.0 Å². The molecule has 0 bridgehead atoms. The average molecular weight is 737 g/mol. The predicted octanol–water partition coefficient (Wildman–Crippen LogP) is 6.06. The van der Waals surface area contributed by atoms with Crippen molar-refractivity contribution < 1.29 is 32.3 Å². The van der Waals surface area contributed by atoms with E-state index in [-0.39, 0.29) is 27.7 Å². The lowest BCUT2D eigenvalue weighted by molar-refractivity contribution is -0.137. The minimum Gasteiger partial charge on any atom is -0.379 e. The Morgan fingerprint density at radius 1 is 0.962 bits per heavy atom. The number of ether oxygens (including phenoxy) is 1. The number of nitrogens with zero attached hydrogens (tertiary/aromatic N) is 4. The molecule has 2 aliphatic heterocycles. The fourth-order valence-electron chi connectivity index (χ4n) is 6.71. The Balaban J connectivity index is 1.18. The van der Waals surface area contributed by atoms with Crippen LogP contribution < -0.4 is 10.6 Å². The molecule has 14 heteroatoms. The number of likely N-dealkylation sites (tertiary alicyclic amines) is 1. The molecule has 3 aromatic rings. The zero-order chi connectivity index (χ0) is 36.9. The summed E-state index contributed by atoms with van der Waals surface area (Å²) in [6, 6.07) is 11.4. The van der Waals surface area contributed by atoms with Crippen molar-refractivity contribution >= 4 is 34.2 Å². The van der Waals surface area contributed by atoms with Crippen molar-refractivity contribution in [2.45, 2.75) is 44.3 Å². The Morgan fingerprint density at radius 2 is 1.69 bits per heavy atom. The number of benzene rings is 2. The van der Waals surface area contributed by atoms with Gasteiger partial charge in [0, 0.05) is 66.5 Å². The van der Waals surface area contributed by atoms with Gasteiger partial charge in [0.1, 0.15) is 0 Å². The van der Waals surface area contributed by atoms with Gasteiger partial charge in [-0.25, -0.2) is 4.98 Å². The number of morpholine rings is 1. The number of carbonyl (C=O) groups is 3. The van der Waals surface area contributed by atoms with Gasteiger partial charge < -0.3 is 15.0 Å². The third-order valence-corrected chi connectivity index (χ3v) is 10.6. The highest BCUT2D eigenvalue weighted by molar-refractivity contribution is 7.14. The smallest absolute Gasteiger partial charge is 0.379 e. The van der Waals surface area contributed by atoms with E-state index in [0.29, 0.717) is 43.1 Å². The van der Waals surface area contributed by atoms with Gasteiger partial charge >= 0.3 is 6.18 Å². The van der Waals surface area contributed by atoms with Crippen molar-refractivity contribution in [3.63, 3.8) is 0 Å². The van der Waals surface area contributed by atoms with Gasteiger partial charge in [-0.15, -0.1) is 11.3 Å². The third-order valence-electron chi connectivity index (χ3n) is 9.82. The van der Waals surface area contributed by atoms with Crippen molar-refractivity contribution in [2.24, 2.45) is 0 Å². The van der Waals surface area contributed by atoms with Crippen LogP contribution >= 0.6 is 11.3 Å². The number of thiazole rings is 1. The average Bonchev–Trinajstić information content (AvgIpc) is 3.63. The van der Waals surface area contributed by atoms with Gasteiger partial charge in [0.05, 0.1) is 30.0 Å². The predicted molar refractivity (Wildman–Crippen MR) is 194 cm³/mol. The SMILES string of the molecule is CN(CCN1CCOCC1)C(=O)c1cccc(C(=O)NC2=CCC(C)(N3CCCCC3)C=C2C(=O)Nc2nc(-c3cccc(C(F)(F)F)c3)cs2)c1. The first kappa shape index (κ1) is 37.4. The van der Waals surface area contributed by atoms with Gasteiger partial charge in [0.2, 0.25) is 0 Å². The summed E-state index contributed by atoms with van der Waals surface area (Å²) in [5.74, 6) is -1.19. The number of hydrogen-bond donors (Lipinski definition) is 2. The highest BCUT2D eigenvalue weighted by Crippen LogP contribution is 2.35. The summed E-state index contributed by atoms with van der Waals surface area (Å²) in [7, 11) is 1.74. The molecule has 1 unspecified atom stereocenters. The van der Waals surface area contributed by atoms with Gasteiger partial charge in [0.15, 0.2) is 5.13 Å². The number of aromatic nitrogens is 1. The van der Waals surface area contributed by atoms with E-state index in [2.05, 4.69) is 32.3 Å². The molecule has 1 atom stereocenters. The van der Waals surface area contributed by atoms with Crippen LogP contribution in [0.15, 0.2) is 77.3 Å². The molecule has 2 aromatic carbocycles. The number of rotatable bonds is 10. The summed E-state index contributed by atoms with van der Waals surface area (Å²) < 4.78 is 45.4. The summed E-state index contributed by atoms with van der Waals surface area (Å²) >= 11 is 1.10. The summed E-state index contributed by atoms with van der Waals surface area (Å²) in [6.07, 6.45) is 3.04. The van der Waals surface area contributed by atoms with E-state index in [1.165, 1.54) is 12.1 Å². The van der Waals surface area contributed by atoms with E-state index in [9.17, 15) is 27.6 Å². The van der Waals surface area contributed by atoms with Crippen molar-refractivity contribution in [3.8, 4) is 11.3 Å². The molecule has 3 aliphatic rings. The molecule has 0 radical (unpaired) electrons. The second kappa shape index (κ2) is 16.1. The molecule has 10 nitrogen and oxygen atoms in total. The number of anilines is 1. The Morgan fingerprint density at radius 3 is 2.44 bits per heavy atom. The lowest BCUT2D eigenvalue weighted by atomic mass is 9.84. The van der Waals surface area contributed by atoms with E-state index >= 15 is 0 Å². The quantitative estimate of drug-likeness (QED) is 0.261. The van der Waals surface area contributed by atoms with Crippen LogP contribution in [0.1, 0.15) is 58.9 Å². The molecule has 0 spiro atoms. The molecular formula is C38H43F3N6O4S. The van der Waals surface area contributed by atoms with Crippen LogP contribution in [0.3, 0.4) is 0 Å². The topological polar surface area (TPSA) is 107 Å². The number of nitrogens with one attached hydrogen (secondary N) is 2. The Bertz CT molecular complexity index is 1850. The number of halogens is 3. The maximum atomic E-state index is 14.0. The number of carbonyl (C=O) groups excluding carboxylic acids is 3. The van der Waals surface area contributed by atoms with Gasteiger partial charge in [-0.1, -0.05) is 30.7 Å². The molecule has 0 saturated carbocycles. The fraction of sp³-hybridized carbons (Fsp3) is 0.421.